The van der Waals surface area contributed by atoms with Crippen molar-refractivity contribution in [3.8, 4) is 0 Å². The molecule has 1 aliphatic rings. The first-order valence-corrected chi connectivity index (χ1v) is 10.1. The van der Waals surface area contributed by atoms with Crippen molar-refractivity contribution >= 4 is 23.5 Å². The van der Waals surface area contributed by atoms with Crippen LogP contribution in [0.3, 0.4) is 0 Å². The van der Waals surface area contributed by atoms with Gasteiger partial charge < -0.3 is 4.90 Å². The van der Waals surface area contributed by atoms with Crippen molar-refractivity contribution in [1.29, 1.82) is 0 Å². The molecule has 3 aromatic rings. The quantitative estimate of drug-likeness (QED) is 0.478. The molecule has 2 aromatic carbocycles. The summed E-state index contributed by atoms with van der Waals surface area (Å²) >= 11 is 0. The minimum Gasteiger partial charge on any atom is -0.333 e. The highest BCUT2D eigenvalue weighted by Crippen LogP contribution is 2.29. The van der Waals surface area contributed by atoms with Gasteiger partial charge in [0.1, 0.15) is 0 Å². The van der Waals surface area contributed by atoms with Gasteiger partial charge in [-0.25, -0.2) is 0 Å². The number of Topliss-reactive ketones (excluding diaryl/α,β-unsaturated/α-hetero) is 2. The Labute approximate surface area is 181 Å². The zero-order chi connectivity index (χ0) is 21.8. The highest BCUT2D eigenvalue weighted by molar-refractivity contribution is 6.07. The summed E-state index contributed by atoms with van der Waals surface area (Å²) < 4.78 is 0. The number of amides is 1. The molecule has 1 saturated heterocycles. The SMILES string of the molecule is CC(=O)c1ccc(C(=O)N2CC(=Cc3ccccn3)C(=O)C(c3ccccc3)C2)cc1. The van der Waals surface area contributed by atoms with E-state index in [9.17, 15) is 14.4 Å². The van der Waals surface area contributed by atoms with Crippen molar-refractivity contribution in [2.75, 3.05) is 13.1 Å². The lowest BCUT2D eigenvalue weighted by Gasteiger charge is -2.34. The Hall–Kier alpha value is -3.86. The maximum absolute atomic E-state index is 13.3. The summed E-state index contributed by atoms with van der Waals surface area (Å²) in [6.45, 7) is 2.01. The summed E-state index contributed by atoms with van der Waals surface area (Å²) in [5.74, 6) is -0.652. The number of ketones is 2. The van der Waals surface area contributed by atoms with E-state index in [0.29, 0.717) is 28.9 Å². The standard InChI is InChI=1S/C26H22N2O3/c1-18(29)19-10-12-21(13-11-19)26(31)28-16-22(15-23-9-5-6-14-27-23)25(30)24(17-28)20-7-3-2-4-8-20/h2-15,24H,16-17H2,1H3. The van der Waals surface area contributed by atoms with Gasteiger partial charge in [-0.15, -0.1) is 0 Å². The smallest absolute Gasteiger partial charge is 0.254 e. The molecule has 1 fully saturated rings. The van der Waals surface area contributed by atoms with Crippen LogP contribution in [0.4, 0.5) is 0 Å². The zero-order valence-corrected chi connectivity index (χ0v) is 17.2. The number of hydrogen-bond donors (Lipinski definition) is 0. The fraction of sp³-hybridized carbons (Fsp3) is 0.154. The Morgan fingerprint density at radius 1 is 0.935 bits per heavy atom. The first-order valence-electron chi connectivity index (χ1n) is 10.1. The number of piperidine rings is 1. The van der Waals surface area contributed by atoms with Crippen molar-refractivity contribution in [2.45, 2.75) is 12.8 Å². The van der Waals surface area contributed by atoms with E-state index in [1.165, 1.54) is 6.92 Å². The van der Waals surface area contributed by atoms with E-state index in [2.05, 4.69) is 4.98 Å². The van der Waals surface area contributed by atoms with E-state index in [-0.39, 0.29) is 24.0 Å². The Kier molecular flexibility index (Phi) is 5.85. The maximum Gasteiger partial charge on any atom is 0.254 e. The molecule has 1 unspecified atom stereocenters. The number of likely N-dealkylation sites (tertiary alicyclic amines) is 1. The molecular weight excluding hydrogens is 388 g/mol. The summed E-state index contributed by atoms with van der Waals surface area (Å²) in [7, 11) is 0. The van der Waals surface area contributed by atoms with E-state index >= 15 is 0 Å². The molecule has 5 nitrogen and oxygen atoms in total. The van der Waals surface area contributed by atoms with Crippen molar-refractivity contribution in [3.05, 3.63) is 107 Å². The summed E-state index contributed by atoms with van der Waals surface area (Å²) in [4.78, 5) is 44.1. The molecule has 31 heavy (non-hydrogen) atoms. The van der Waals surface area contributed by atoms with Gasteiger partial charge in [-0.05, 0) is 42.8 Å². The largest absolute Gasteiger partial charge is 0.333 e. The monoisotopic (exact) mass is 410 g/mol. The molecule has 154 valence electrons. The summed E-state index contributed by atoms with van der Waals surface area (Å²) in [5, 5.41) is 0. The van der Waals surface area contributed by atoms with Crippen LogP contribution in [0.15, 0.2) is 84.6 Å². The van der Waals surface area contributed by atoms with Gasteiger partial charge in [0.05, 0.1) is 11.6 Å². The molecule has 4 rings (SSSR count). The lowest BCUT2D eigenvalue weighted by molar-refractivity contribution is -0.118. The molecule has 1 aromatic heterocycles. The lowest BCUT2D eigenvalue weighted by atomic mass is 9.85. The normalized spacial score (nSPS) is 17.6. The van der Waals surface area contributed by atoms with Crippen molar-refractivity contribution in [2.24, 2.45) is 0 Å². The zero-order valence-electron chi connectivity index (χ0n) is 17.2. The van der Waals surface area contributed by atoms with Gasteiger partial charge in [0.2, 0.25) is 0 Å². The Morgan fingerprint density at radius 2 is 1.61 bits per heavy atom. The third kappa shape index (κ3) is 4.51. The van der Waals surface area contributed by atoms with E-state index in [1.807, 2.05) is 48.5 Å². The van der Waals surface area contributed by atoms with Crippen LogP contribution in [-0.2, 0) is 4.79 Å². The lowest BCUT2D eigenvalue weighted by Crippen LogP contribution is -2.44. The topological polar surface area (TPSA) is 67.3 Å². The van der Waals surface area contributed by atoms with Crippen molar-refractivity contribution < 1.29 is 14.4 Å². The van der Waals surface area contributed by atoms with Gasteiger partial charge in [0, 0.05) is 36.0 Å². The number of nitrogens with zero attached hydrogens (tertiary/aromatic N) is 2. The van der Waals surface area contributed by atoms with Gasteiger partial charge >= 0.3 is 0 Å². The number of aromatic nitrogens is 1. The number of pyridine rings is 1. The van der Waals surface area contributed by atoms with E-state index in [1.54, 1.807) is 41.4 Å². The first-order chi connectivity index (χ1) is 15.0. The molecule has 0 bridgehead atoms. The Balaban J connectivity index is 1.68. The van der Waals surface area contributed by atoms with Crippen LogP contribution in [0.5, 0.6) is 0 Å². The van der Waals surface area contributed by atoms with Gasteiger partial charge in [0.15, 0.2) is 11.6 Å². The number of hydrogen-bond acceptors (Lipinski definition) is 4. The van der Waals surface area contributed by atoms with Gasteiger partial charge in [-0.1, -0.05) is 48.5 Å². The van der Waals surface area contributed by atoms with Crippen LogP contribution in [0.2, 0.25) is 0 Å². The maximum atomic E-state index is 13.3. The Bertz CT molecular complexity index is 1140. The molecule has 0 aliphatic carbocycles. The molecule has 0 N–H and O–H groups in total. The molecule has 0 spiro atoms. The molecule has 2 heterocycles. The second-order valence-corrected chi connectivity index (χ2v) is 7.57. The number of rotatable bonds is 4. The second kappa shape index (κ2) is 8.88. The average Bonchev–Trinajstić information content (AvgIpc) is 2.81. The first kappa shape index (κ1) is 20.4. The fourth-order valence-electron chi connectivity index (χ4n) is 3.76. The fourth-order valence-corrected chi connectivity index (χ4v) is 3.76. The molecule has 0 saturated carbocycles. The molecule has 1 aliphatic heterocycles. The summed E-state index contributed by atoms with van der Waals surface area (Å²) in [5.41, 5.74) is 3.15. The predicted octanol–water partition coefficient (Wildman–Crippen LogP) is 4.18. The van der Waals surface area contributed by atoms with Gasteiger partial charge in [-0.3, -0.25) is 19.4 Å². The van der Waals surface area contributed by atoms with Crippen molar-refractivity contribution in [3.63, 3.8) is 0 Å². The van der Waals surface area contributed by atoms with Crippen molar-refractivity contribution in [1.82, 2.24) is 9.88 Å². The van der Waals surface area contributed by atoms with Crippen LogP contribution in [-0.4, -0.2) is 40.4 Å². The summed E-state index contributed by atoms with van der Waals surface area (Å²) in [6, 6.07) is 21.7. The number of carbonyl (C=O) groups is 3. The average molecular weight is 410 g/mol. The van der Waals surface area contributed by atoms with Gasteiger partial charge in [0.25, 0.3) is 5.91 Å². The van der Waals surface area contributed by atoms with Crippen LogP contribution in [0, 0.1) is 0 Å². The van der Waals surface area contributed by atoms with E-state index in [0.717, 1.165) is 5.56 Å². The minimum atomic E-state index is -0.439. The molecular formula is C26H22N2O3. The summed E-state index contributed by atoms with van der Waals surface area (Å²) in [6.07, 6.45) is 3.43. The highest BCUT2D eigenvalue weighted by atomic mass is 16.2. The van der Waals surface area contributed by atoms with Crippen LogP contribution in [0.1, 0.15) is 44.8 Å². The minimum absolute atomic E-state index is 0.00725. The predicted molar refractivity (Wildman–Crippen MR) is 119 cm³/mol. The van der Waals surface area contributed by atoms with Crippen LogP contribution in [0.25, 0.3) is 6.08 Å². The van der Waals surface area contributed by atoms with E-state index < -0.39 is 5.92 Å². The highest BCUT2D eigenvalue weighted by Gasteiger charge is 2.34. The van der Waals surface area contributed by atoms with E-state index in [4.69, 9.17) is 0 Å². The number of carbonyl (C=O) groups excluding carboxylic acids is 3. The molecule has 1 atom stereocenters. The second-order valence-electron chi connectivity index (χ2n) is 7.57. The number of benzene rings is 2. The molecule has 1 amide bonds. The third-order valence-electron chi connectivity index (χ3n) is 5.43. The Morgan fingerprint density at radius 3 is 2.26 bits per heavy atom. The van der Waals surface area contributed by atoms with Gasteiger partial charge in [-0.2, -0.15) is 0 Å². The van der Waals surface area contributed by atoms with Crippen LogP contribution < -0.4 is 0 Å². The van der Waals surface area contributed by atoms with Crippen LogP contribution >= 0.6 is 0 Å². The molecule has 5 heteroatoms. The third-order valence-corrected chi connectivity index (χ3v) is 5.43. The molecule has 0 radical (unpaired) electrons.